The van der Waals surface area contributed by atoms with E-state index in [4.69, 9.17) is 28.9 Å². The number of nitrogens with zero attached hydrogens (tertiary/aromatic N) is 7. The largest absolute Gasteiger partial charge is 0.378 e. The molecule has 31 heavy (non-hydrogen) atoms. The Morgan fingerprint density at radius 1 is 1.39 bits per heavy atom. The maximum absolute atomic E-state index is 12.7. The van der Waals surface area contributed by atoms with Crippen LogP contribution in [0.4, 0.5) is 5.82 Å². The van der Waals surface area contributed by atoms with Crippen molar-refractivity contribution >= 4 is 69.0 Å². The van der Waals surface area contributed by atoms with Crippen LogP contribution in [0.5, 0.6) is 0 Å². The molecule has 160 valence electrons. The number of nitrogens with two attached hydrogens (primary N) is 1. The zero-order valence-corrected chi connectivity index (χ0v) is 18.7. The zero-order valence-electron chi connectivity index (χ0n) is 15.5. The second-order valence-corrected chi connectivity index (χ2v) is 9.01. The number of hydrogen-bond acceptors (Lipinski definition) is 11. The molecular weight excluding hydrogens is 485 g/mol. The van der Waals surface area contributed by atoms with Crippen LogP contribution in [-0.4, -0.2) is 54.1 Å². The van der Waals surface area contributed by atoms with Gasteiger partial charge in [-0.3, -0.25) is 9.79 Å². The summed E-state index contributed by atoms with van der Waals surface area (Å²) in [6.45, 7) is 0.761. The second kappa shape index (κ2) is 9.68. The van der Waals surface area contributed by atoms with Crippen LogP contribution in [0.15, 0.2) is 32.9 Å². The molecule has 1 aromatic carbocycles. The predicted octanol–water partition coefficient (Wildman–Crippen LogP) is 2.64. The van der Waals surface area contributed by atoms with Gasteiger partial charge in [-0.05, 0) is 22.4 Å². The van der Waals surface area contributed by atoms with Gasteiger partial charge in [0.2, 0.25) is 11.6 Å². The molecule has 3 heterocycles. The monoisotopic (exact) mass is 497 g/mol. The zero-order chi connectivity index (χ0) is 21.8. The van der Waals surface area contributed by atoms with Crippen molar-refractivity contribution in [2.45, 2.75) is 5.75 Å². The number of halogens is 2. The van der Waals surface area contributed by atoms with E-state index < -0.39 is 5.91 Å². The minimum absolute atomic E-state index is 0.0158. The van der Waals surface area contributed by atoms with E-state index in [1.165, 1.54) is 22.7 Å². The summed E-state index contributed by atoms with van der Waals surface area (Å²) in [5.74, 6) is 0.828. The summed E-state index contributed by atoms with van der Waals surface area (Å²) >= 11 is 15.3. The van der Waals surface area contributed by atoms with Gasteiger partial charge in [0.05, 0.1) is 28.5 Å². The van der Waals surface area contributed by atoms with Crippen molar-refractivity contribution in [2.24, 2.45) is 10.1 Å². The van der Waals surface area contributed by atoms with E-state index >= 15 is 0 Å². The van der Waals surface area contributed by atoms with E-state index in [1.807, 2.05) is 0 Å². The summed E-state index contributed by atoms with van der Waals surface area (Å²) in [6.07, 6.45) is 1.35. The molecule has 1 aliphatic rings. The Labute approximate surface area is 193 Å². The Balaban J connectivity index is 1.57. The Bertz CT molecular complexity index is 1160. The number of hydrogen-bond donors (Lipinski definition) is 2. The van der Waals surface area contributed by atoms with Gasteiger partial charge >= 0.3 is 0 Å². The van der Waals surface area contributed by atoms with Gasteiger partial charge in [0.15, 0.2) is 5.69 Å². The first kappa shape index (κ1) is 21.6. The number of amides is 1. The lowest BCUT2D eigenvalue weighted by Crippen LogP contribution is -2.20. The van der Waals surface area contributed by atoms with E-state index in [1.54, 1.807) is 30.0 Å². The molecule has 0 bridgehead atoms. The minimum atomic E-state index is -0.586. The highest BCUT2D eigenvalue weighted by atomic mass is 35.5. The average Bonchev–Trinajstić information content (AvgIpc) is 3.49. The third-order valence-corrected chi connectivity index (χ3v) is 6.85. The van der Waals surface area contributed by atoms with Crippen molar-refractivity contribution in [1.82, 2.24) is 30.7 Å². The second-order valence-electron chi connectivity index (χ2n) is 5.89. The minimum Gasteiger partial charge on any atom is -0.378 e. The van der Waals surface area contributed by atoms with Crippen LogP contribution in [0.3, 0.4) is 0 Å². The Kier molecular flexibility index (Phi) is 6.75. The fraction of sp³-hybridized carbons (Fsp3) is 0.188. The number of aliphatic imine (C=N–C) groups is 1. The highest BCUT2D eigenvalue weighted by Gasteiger charge is 2.24. The quantitative estimate of drug-likeness (QED) is 0.386. The Morgan fingerprint density at radius 2 is 2.19 bits per heavy atom. The lowest BCUT2D eigenvalue weighted by Gasteiger charge is -2.05. The van der Waals surface area contributed by atoms with Gasteiger partial charge in [0, 0.05) is 17.1 Å². The molecule has 1 aliphatic heterocycles. The van der Waals surface area contributed by atoms with Crippen molar-refractivity contribution in [2.75, 3.05) is 18.0 Å². The molecule has 1 amide bonds. The molecule has 3 N–H and O–H groups in total. The summed E-state index contributed by atoms with van der Waals surface area (Å²) in [7, 11) is 0. The predicted molar refractivity (Wildman–Crippen MR) is 121 cm³/mol. The van der Waals surface area contributed by atoms with Crippen LogP contribution >= 0.6 is 46.7 Å². The number of thioether (sulfide) groups is 2. The number of nitrogen functional groups attached to an aromatic ring is 1. The molecule has 0 saturated heterocycles. The first-order valence-corrected chi connectivity index (χ1v) is 11.4. The number of carbonyl (C=O) groups excluding carboxylic acids is 1. The van der Waals surface area contributed by atoms with Gasteiger partial charge in [0.25, 0.3) is 5.91 Å². The lowest BCUT2D eigenvalue weighted by atomic mass is 10.2. The normalized spacial score (nSPS) is 13.7. The number of carbonyl (C=O) groups is 1. The summed E-state index contributed by atoms with van der Waals surface area (Å²) in [5, 5.41) is 20.0. The van der Waals surface area contributed by atoms with Crippen LogP contribution in [-0.2, 0) is 5.75 Å². The number of aromatic nitrogens is 5. The lowest BCUT2D eigenvalue weighted by molar-refractivity contribution is 0.0949. The topological polar surface area (TPSA) is 149 Å². The molecule has 0 radical (unpaired) electrons. The number of benzene rings is 1. The molecule has 0 aliphatic carbocycles. The van der Waals surface area contributed by atoms with Gasteiger partial charge in [-0.2, -0.15) is 9.78 Å². The third-order valence-electron chi connectivity index (χ3n) is 3.92. The van der Waals surface area contributed by atoms with Crippen LogP contribution in [0.1, 0.15) is 21.7 Å². The van der Waals surface area contributed by atoms with E-state index in [0.717, 1.165) is 16.7 Å². The maximum Gasteiger partial charge on any atom is 0.293 e. The van der Waals surface area contributed by atoms with Crippen LogP contribution < -0.4 is 11.2 Å². The maximum atomic E-state index is 12.7. The molecule has 15 heteroatoms. The Morgan fingerprint density at radius 3 is 2.87 bits per heavy atom. The summed E-state index contributed by atoms with van der Waals surface area (Å²) in [5.41, 5.74) is 9.14. The van der Waals surface area contributed by atoms with Crippen LogP contribution in [0.2, 0.25) is 10.0 Å². The SMILES string of the molecule is Nc1nonc1-n1nnc(C(=O)NN=Cc2c(Cl)cccc2Cl)c1CSC1=NCCS1. The van der Waals surface area contributed by atoms with E-state index in [9.17, 15) is 4.79 Å². The first-order valence-electron chi connectivity index (χ1n) is 8.65. The number of hydrazone groups is 1. The van der Waals surface area contributed by atoms with Crippen molar-refractivity contribution in [3.05, 3.63) is 45.2 Å². The van der Waals surface area contributed by atoms with Crippen molar-refractivity contribution < 1.29 is 9.42 Å². The summed E-state index contributed by atoms with van der Waals surface area (Å²) in [6, 6.07) is 5.04. The first-order chi connectivity index (χ1) is 15.0. The molecule has 0 fully saturated rings. The molecule has 2 aromatic heterocycles. The van der Waals surface area contributed by atoms with Gasteiger partial charge in [-0.15, -0.1) is 5.10 Å². The number of nitrogens with one attached hydrogen (secondary N) is 1. The van der Waals surface area contributed by atoms with Gasteiger partial charge < -0.3 is 5.73 Å². The Hall–Kier alpha value is -2.61. The molecule has 0 atom stereocenters. The smallest absolute Gasteiger partial charge is 0.293 e. The van der Waals surface area contributed by atoms with E-state index in [-0.39, 0.29) is 17.3 Å². The fourth-order valence-corrected chi connectivity index (χ4v) is 4.99. The molecule has 11 nitrogen and oxygen atoms in total. The highest BCUT2D eigenvalue weighted by Crippen LogP contribution is 2.27. The molecule has 3 aromatic rings. The summed E-state index contributed by atoms with van der Waals surface area (Å²) in [4.78, 5) is 17.1. The number of rotatable bonds is 6. The van der Waals surface area contributed by atoms with Crippen molar-refractivity contribution in [3.63, 3.8) is 0 Å². The van der Waals surface area contributed by atoms with E-state index in [0.29, 0.717) is 27.1 Å². The van der Waals surface area contributed by atoms with E-state index in [2.05, 4.69) is 40.8 Å². The third kappa shape index (κ3) is 4.84. The van der Waals surface area contributed by atoms with Crippen molar-refractivity contribution in [1.29, 1.82) is 0 Å². The molecule has 0 spiro atoms. The van der Waals surface area contributed by atoms with Gasteiger partial charge in [0.1, 0.15) is 4.38 Å². The molecule has 0 unspecified atom stereocenters. The molecular formula is C16H13Cl2N9O2S2. The van der Waals surface area contributed by atoms with Crippen molar-refractivity contribution in [3.8, 4) is 5.82 Å². The molecule has 4 rings (SSSR count). The van der Waals surface area contributed by atoms with Crippen LogP contribution in [0, 0.1) is 0 Å². The fourth-order valence-electron chi connectivity index (χ4n) is 2.49. The standard InChI is InChI=1S/C16H13Cl2N9O2S2/c17-9-2-1-3-10(18)8(9)6-21-23-15(28)12-11(7-31-16-20-4-5-30-16)27(26-22-12)14-13(19)24-29-25-14/h1-3,6H,4-5,7H2,(H2,19,24)(H,23,28). The number of anilines is 1. The van der Waals surface area contributed by atoms with Gasteiger partial charge in [-0.25, -0.2) is 10.1 Å². The average molecular weight is 498 g/mol. The molecule has 0 saturated carbocycles. The van der Waals surface area contributed by atoms with Crippen LogP contribution in [0.25, 0.3) is 5.82 Å². The summed E-state index contributed by atoms with van der Waals surface area (Å²) < 4.78 is 6.86. The highest BCUT2D eigenvalue weighted by molar-refractivity contribution is 8.38. The van der Waals surface area contributed by atoms with Gasteiger partial charge in [-0.1, -0.05) is 58.0 Å².